The molecule has 1 aliphatic rings. The number of nitrogens with one attached hydrogen (secondary N) is 1. The highest BCUT2D eigenvalue weighted by Gasteiger charge is 2.48. The van der Waals surface area contributed by atoms with E-state index in [4.69, 9.17) is 5.73 Å². The number of aromatic nitrogens is 1. The lowest BCUT2D eigenvalue weighted by molar-refractivity contribution is -0.171. The van der Waals surface area contributed by atoms with E-state index in [9.17, 15) is 27.9 Å². The lowest BCUT2D eigenvalue weighted by Gasteiger charge is -2.27. The van der Waals surface area contributed by atoms with E-state index in [-0.39, 0.29) is 19.5 Å². The molecule has 0 radical (unpaired) electrons. The van der Waals surface area contributed by atoms with Crippen molar-refractivity contribution in [3.05, 3.63) is 41.0 Å². The number of thiazole rings is 1. The van der Waals surface area contributed by atoms with Gasteiger partial charge in [-0.15, -0.1) is 11.3 Å². The molecule has 1 fully saturated rings. The summed E-state index contributed by atoms with van der Waals surface area (Å²) in [5.74, 6) is -2.07. The van der Waals surface area contributed by atoms with Crippen molar-refractivity contribution in [2.24, 2.45) is 5.73 Å². The molecule has 1 aliphatic heterocycles. The lowest BCUT2D eigenvalue weighted by atomic mass is 10.1. The second-order valence-electron chi connectivity index (χ2n) is 7.10. The SMILES string of the molecule is Cc1ncsc1-c1ccc(CNC(=O)[C@@H]2C[C@@H](O)CN2C(=O)C(N)C(F)(F)F)cc1. The molecule has 0 saturated carbocycles. The smallest absolute Gasteiger partial charge is 0.391 e. The summed E-state index contributed by atoms with van der Waals surface area (Å²) in [5, 5.41) is 12.4. The first-order valence-electron chi connectivity index (χ1n) is 9.16. The predicted octanol–water partition coefficient (Wildman–Crippen LogP) is 1.59. The predicted molar refractivity (Wildman–Crippen MR) is 104 cm³/mol. The minimum atomic E-state index is -4.93. The van der Waals surface area contributed by atoms with E-state index in [2.05, 4.69) is 10.3 Å². The van der Waals surface area contributed by atoms with Crippen LogP contribution in [-0.2, 0) is 16.1 Å². The Morgan fingerprint density at radius 3 is 2.60 bits per heavy atom. The molecule has 11 heteroatoms. The molecule has 1 aromatic heterocycles. The standard InChI is InChI=1S/C19H21F3N4O3S/c1-10-15(30-9-25-10)12-4-2-11(3-5-12)7-24-17(28)14-6-13(27)8-26(14)18(29)16(23)19(20,21)22/h2-5,9,13-14,16,27H,6-8,23H2,1H3,(H,24,28)/t13-,14+,16?/m1/s1. The van der Waals surface area contributed by atoms with Gasteiger partial charge >= 0.3 is 6.18 Å². The molecule has 0 aliphatic carbocycles. The average Bonchev–Trinajstić information content (AvgIpc) is 3.30. The van der Waals surface area contributed by atoms with Gasteiger partial charge in [0, 0.05) is 19.5 Å². The zero-order chi connectivity index (χ0) is 22.1. The lowest BCUT2D eigenvalue weighted by Crippen LogP contribution is -2.55. The van der Waals surface area contributed by atoms with Crippen molar-refractivity contribution in [2.75, 3.05) is 6.54 Å². The molecule has 2 aromatic rings. The Kier molecular flexibility index (Phi) is 6.44. The van der Waals surface area contributed by atoms with Gasteiger partial charge in [0.15, 0.2) is 6.04 Å². The number of hydrogen-bond donors (Lipinski definition) is 3. The van der Waals surface area contributed by atoms with Crippen LogP contribution in [0.5, 0.6) is 0 Å². The fourth-order valence-electron chi connectivity index (χ4n) is 3.28. The van der Waals surface area contributed by atoms with Crippen LogP contribution in [0.3, 0.4) is 0 Å². The number of hydrogen-bond acceptors (Lipinski definition) is 6. The van der Waals surface area contributed by atoms with E-state index >= 15 is 0 Å². The fourth-order valence-corrected chi connectivity index (χ4v) is 4.10. The van der Waals surface area contributed by atoms with Crippen molar-refractivity contribution in [1.29, 1.82) is 0 Å². The van der Waals surface area contributed by atoms with Crippen LogP contribution in [0.1, 0.15) is 17.7 Å². The molecule has 1 saturated heterocycles. The highest BCUT2D eigenvalue weighted by atomic mass is 32.1. The number of halogens is 3. The molecule has 0 spiro atoms. The molecule has 1 unspecified atom stereocenters. The fraction of sp³-hybridized carbons (Fsp3) is 0.421. The van der Waals surface area contributed by atoms with Gasteiger partial charge in [0.2, 0.25) is 11.8 Å². The van der Waals surface area contributed by atoms with E-state index in [1.807, 2.05) is 31.2 Å². The third-order valence-corrected chi connectivity index (χ3v) is 5.89. The van der Waals surface area contributed by atoms with E-state index in [1.165, 1.54) is 11.3 Å². The Balaban J connectivity index is 1.63. The molecule has 7 nitrogen and oxygen atoms in total. The minimum absolute atomic E-state index is 0.126. The number of β-amino-alcohol motifs (C(OH)–C–C–N with tert-alkyl or cyclic N) is 1. The second kappa shape index (κ2) is 8.70. The molecule has 1 aromatic carbocycles. The molecule has 4 N–H and O–H groups in total. The second-order valence-corrected chi connectivity index (χ2v) is 7.95. The van der Waals surface area contributed by atoms with Crippen LogP contribution >= 0.6 is 11.3 Å². The Labute approximate surface area is 174 Å². The van der Waals surface area contributed by atoms with Crippen molar-refractivity contribution in [1.82, 2.24) is 15.2 Å². The third-order valence-electron chi connectivity index (χ3n) is 4.91. The quantitative estimate of drug-likeness (QED) is 0.652. The van der Waals surface area contributed by atoms with E-state index < -0.39 is 36.2 Å². The number of benzene rings is 1. The molecule has 3 rings (SSSR count). The number of nitrogens with zero attached hydrogens (tertiary/aromatic N) is 2. The molecule has 2 amide bonds. The number of aliphatic hydroxyl groups is 1. The molecular weight excluding hydrogens is 421 g/mol. The van der Waals surface area contributed by atoms with Crippen LogP contribution in [0.2, 0.25) is 0 Å². The largest absolute Gasteiger partial charge is 0.412 e. The van der Waals surface area contributed by atoms with Crippen molar-refractivity contribution in [3.8, 4) is 10.4 Å². The number of carbonyl (C=O) groups is 2. The topological polar surface area (TPSA) is 109 Å². The van der Waals surface area contributed by atoms with Crippen molar-refractivity contribution in [3.63, 3.8) is 0 Å². The Morgan fingerprint density at radius 2 is 2.03 bits per heavy atom. The maximum atomic E-state index is 12.8. The van der Waals surface area contributed by atoms with Gasteiger partial charge in [-0.05, 0) is 18.1 Å². The first kappa shape index (κ1) is 22.2. The van der Waals surface area contributed by atoms with E-state index in [0.717, 1.165) is 21.7 Å². The number of aliphatic hydroxyl groups excluding tert-OH is 1. The van der Waals surface area contributed by atoms with Crippen LogP contribution in [0.4, 0.5) is 13.2 Å². The van der Waals surface area contributed by atoms with E-state index in [1.54, 1.807) is 5.51 Å². The molecule has 3 atom stereocenters. The van der Waals surface area contributed by atoms with Gasteiger partial charge in [-0.25, -0.2) is 4.98 Å². The Morgan fingerprint density at radius 1 is 1.37 bits per heavy atom. The summed E-state index contributed by atoms with van der Waals surface area (Å²) in [6, 6.07) is 3.47. The van der Waals surface area contributed by atoms with Crippen LogP contribution in [0.15, 0.2) is 29.8 Å². The Bertz CT molecular complexity index is 916. The van der Waals surface area contributed by atoms with Gasteiger partial charge in [-0.1, -0.05) is 24.3 Å². The van der Waals surface area contributed by atoms with Gasteiger partial charge in [0.25, 0.3) is 0 Å². The first-order valence-corrected chi connectivity index (χ1v) is 10.0. The minimum Gasteiger partial charge on any atom is -0.391 e. The molecule has 0 bridgehead atoms. The van der Waals surface area contributed by atoms with Gasteiger partial charge < -0.3 is 21.1 Å². The molecular formula is C19H21F3N4O3S. The zero-order valence-corrected chi connectivity index (χ0v) is 16.8. The van der Waals surface area contributed by atoms with Gasteiger partial charge in [-0.2, -0.15) is 13.2 Å². The molecule has 162 valence electrons. The molecule has 30 heavy (non-hydrogen) atoms. The van der Waals surface area contributed by atoms with Gasteiger partial charge in [-0.3, -0.25) is 9.59 Å². The number of carbonyl (C=O) groups excluding carboxylic acids is 2. The number of rotatable bonds is 5. The van der Waals surface area contributed by atoms with E-state index in [0.29, 0.717) is 4.90 Å². The zero-order valence-electron chi connectivity index (χ0n) is 16.0. The maximum Gasteiger partial charge on any atom is 0.412 e. The van der Waals surface area contributed by atoms with Gasteiger partial charge in [0.1, 0.15) is 6.04 Å². The number of nitrogens with two attached hydrogens (primary N) is 1. The van der Waals surface area contributed by atoms with Gasteiger partial charge in [0.05, 0.1) is 22.2 Å². The summed E-state index contributed by atoms with van der Waals surface area (Å²) in [6.45, 7) is 1.66. The van der Waals surface area contributed by atoms with Crippen LogP contribution in [0.25, 0.3) is 10.4 Å². The summed E-state index contributed by atoms with van der Waals surface area (Å²) in [6.07, 6.45) is -6.16. The third kappa shape index (κ3) is 4.79. The highest BCUT2D eigenvalue weighted by Crippen LogP contribution is 2.27. The number of aryl methyl sites for hydroxylation is 1. The Hall–Kier alpha value is -2.50. The summed E-state index contributed by atoms with van der Waals surface area (Å²) < 4.78 is 38.3. The maximum absolute atomic E-state index is 12.8. The monoisotopic (exact) mass is 442 g/mol. The summed E-state index contributed by atoms with van der Waals surface area (Å²) in [4.78, 5) is 30.5. The summed E-state index contributed by atoms with van der Waals surface area (Å²) in [5.41, 5.74) is 9.42. The highest BCUT2D eigenvalue weighted by molar-refractivity contribution is 7.13. The molecule has 2 heterocycles. The van der Waals surface area contributed by atoms with Crippen LogP contribution in [0, 0.1) is 6.92 Å². The summed E-state index contributed by atoms with van der Waals surface area (Å²) in [7, 11) is 0. The number of amides is 2. The van der Waals surface area contributed by atoms with Crippen LogP contribution < -0.4 is 11.1 Å². The first-order chi connectivity index (χ1) is 14.1. The van der Waals surface area contributed by atoms with Crippen molar-refractivity contribution in [2.45, 2.75) is 44.3 Å². The summed E-state index contributed by atoms with van der Waals surface area (Å²) >= 11 is 1.52. The van der Waals surface area contributed by atoms with Crippen LogP contribution in [-0.4, -0.2) is 57.7 Å². The normalized spacial score (nSPS) is 20.3. The number of alkyl halides is 3. The number of likely N-dealkylation sites (tertiary alicyclic amines) is 1. The van der Waals surface area contributed by atoms with Crippen molar-refractivity contribution < 1.29 is 27.9 Å². The average molecular weight is 442 g/mol. The van der Waals surface area contributed by atoms with Crippen molar-refractivity contribution >= 4 is 23.2 Å².